The van der Waals surface area contributed by atoms with E-state index in [0.717, 1.165) is 35.1 Å². The highest BCUT2D eigenvalue weighted by Crippen LogP contribution is 2.29. The molecule has 1 aromatic heterocycles. The van der Waals surface area contributed by atoms with Gasteiger partial charge in [0.25, 0.3) is 5.09 Å². The van der Waals surface area contributed by atoms with Crippen molar-refractivity contribution in [2.75, 3.05) is 40.1 Å². The molecule has 3 N–H and O–H groups in total. The van der Waals surface area contributed by atoms with Crippen LogP contribution < -0.4 is 10.6 Å². The molecule has 1 aromatic carbocycles. The van der Waals surface area contributed by atoms with Gasteiger partial charge in [0.1, 0.15) is 12.2 Å². The minimum absolute atomic E-state index is 0.00559. The topological polar surface area (TPSA) is 203 Å². The van der Waals surface area contributed by atoms with Gasteiger partial charge in [0.15, 0.2) is 0 Å². The summed E-state index contributed by atoms with van der Waals surface area (Å²) >= 11 is 0. The Morgan fingerprint density at radius 3 is 2.30 bits per heavy atom. The molecule has 0 aliphatic heterocycles. The predicted octanol–water partition coefficient (Wildman–Crippen LogP) is 5.76. The van der Waals surface area contributed by atoms with Gasteiger partial charge in [-0.1, -0.05) is 39.8 Å². The van der Waals surface area contributed by atoms with Crippen molar-refractivity contribution in [1.29, 1.82) is 0 Å². The van der Waals surface area contributed by atoms with Gasteiger partial charge in [-0.3, -0.25) is 9.48 Å². The number of alkyl carbamates (subject to hydrolysis) is 1. The van der Waals surface area contributed by atoms with Crippen LogP contribution in [0.4, 0.5) is 9.59 Å². The van der Waals surface area contributed by atoms with Crippen LogP contribution in [0.1, 0.15) is 91.8 Å². The Morgan fingerprint density at radius 1 is 0.981 bits per heavy atom. The van der Waals surface area contributed by atoms with Crippen LogP contribution in [0.15, 0.2) is 18.2 Å². The Morgan fingerprint density at radius 2 is 1.67 bits per heavy atom. The maximum atomic E-state index is 13.3. The number of fused-ring (bicyclic) bond motifs is 1. The number of nitrogens with one attached hydrogen (secondary N) is 2. The Balaban J connectivity index is 2.12. The summed E-state index contributed by atoms with van der Waals surface area (Å²) in [5.74, 6) is -0.841. The molecule has 0 bridgehead atoms. The quantitative estimate of drug-likeness (QED) is 0.0506. The van der Waals surface area contributed by atoms with Gasteiger partial charge in [-0.15, -0.1) is 10.1 Å². The summed E-state index contributed by atoms with van der Waals surface area (Å²) in [5, 5.41) is 32.5. The fourth-order valence-corrected chi connectivity index (χ4v) is 6.12. The number of nitrogens with zero attached hydrogens (tertiary/aromatic N) is 3. The van der Waals surface area contributed by atoms with Crippen LogP contribution in [0, 0.1) is 40.7 Å². The Hall–Kier alpha value is -4.18. The number of unbranched alkanes of at least 4 members (excludes halogenated alkanes) is 1. The molecule has 0 saturated heterocycles. The number of carbonyl (C=O) groups excluding carboxylic acids is 3. The maximum Gasteiger partial charge on any atom is 0.508 e. The zero-order valence-corrected chi connectivity index (χ0v) is 33.6. The van der Waals surface area contributed by atoms with E-state index in [0.29, 0.717) is 32.3 Å². The smallest absolute Gasteiger partial charge is 0.444 e. The first-order valence-corrected chi connectivity index (χ1v) is 18.9. The first-order valence-electron chi connectivity index (χ1n) is 18.9. The summed E-state index contributed by atoms with van der Waals surface area (Å²) in [6.07, 6.45) is 0.0907. The molecule has 2 amide bonds. The summed E-state index contributed by atoms with van der Waals surface area (Å²) in [4.78, 5) is 52.6. The predicted molar refractivity (Wildman–Crippen MR) is 202 cm³/mol. The number of aliphatic hydroxyl groups is 1. The molecule has 16 heteroatoms. The normalized spacial score (nSPS) is 14.0. The third kappa shape index (κ3) is 16.9. The molecule has 2 rings (SSSR count). The van der Waals surface area contributed by atoms with Crippen molar-refractivity contribution in [3.05, 3.63) is 39.6 Å². The second-order valence-electron chi connectivity index (χ2n) is 15.4. The van der Waals surface area contributed by atoms with Gasteiger partial charge in [-0.05, 0) is 95.6 Å². The van der Waals surface area contributed by atoms with Crippen LogP contribution in [0.25, 0.3) is 10.9 Å². The molecule has 16 nitrogen and oxygen atoms in total. The second kappa shape index (κ2) is 22.9. The molecular weight excluding hydrogens is 702 g/mol. The second-order valence-corrected chi connectivity index (χ2v) is 15.4. The van der Waals surface area contributed by atoms with E-state index < -0.39 is 41.0 Å². The van der Waals surface area contributed by atoms with Crippen LogP contribution in [-0.4, -0.2) is 96.0 Å². The van der Waals surface area contributed by atoms with Crippen molar-refractivity contribution in [3.63, 3.8) is 0 Å². The van der Waals surface area contributed by atoms with Crippen LogP contribution >= 0.6 is 0 Å². The number of methoxy groups -OCH3 is 1. The Labute approximate surface area is 319 Å². The molecule has 306 valence electrons. The monoisotopic (exact) mass is 765 g/mol. The van der Waals surface area contributed by atoms with Crippen LogP contribution in [0.5, 0.6) is 0 Å². The molecular formula is C38H63N5O11. The van der Waals surface area contributed by atoms with Crippen LogP contribution in [-0.2, 0) is 41.5 Å². The number of rotatable bonds is 24. The highest BCUT2D eigenvalue weighted by atomic mass is 16.9. The summed E-state index contributed by atoms with van der Waals surface area (Å²) in [6.45, 7) is 16.5. The third-order valence-corrected chi connectivity index (χ3v) is 9.10. The van der Waals surface area contributed by atoms with Crippen molar-refractivity contribution in [2.45, 2.75) is 118 Å². The van der Waals surface area contributed by atoms with E-state index in [4.69, 9.17) is 24.0 Å². The highest BCUT2D eigenvalue weighted by Gasteiger charge is 2.33. The van der Waals surface area contributed by atoms with E-state index in [1.807, 2.05) is 25.5 Å². The SMILES string of the molecule is COCCCn1nc(C)c2ccc(C[C@@H](C[C@H](NC(=O)OC(C)(C)C)[C@@H](O)C[C@H](C(=O)NCCOC(=O)OCCCCO[N+](=O)[O-])C(C)C)C(C)C)cc21. The molecule has 0 fully saturated rings. The molecule has 0 spiro atoms. The average molecular weight is 766 g/mol. The lowest BCUT2D eigenvalue weighted by Gasteiger charge is -2.33. The lowest BCUT2D eigenvalue weighted by Crippen LogP contribution is -2.49. The van der Waals surface area contributed by atoms with Gasteiger partial charge in [0, 0.05) is 31.6 Å². The van der Waals surface area contributed by atoms with E-state index in [1.165, 1.54) is 0 Å². The summed E-state index contributed by atoms with van der Waals surface area (Å²) in [5.41, 5.74) is 2.38. The lowest BCUT2D eigenvalue weighted by atomic mass is 9.80. The molecule has 0 aliphatic carbocycles. The number of ether oxygens (including phenoxy) is 4. The molecule has 0 saturated carbocycles. The van der Waals surface area contributed by atoms with Gasteiger partial charge < -0.3 is 39.5 Å². The first kappa shape index (κ1) is 46.0. The number of aliphatic hydroxyl groups excluding tert-OH is 1. The fourth-order valence-electron chi connectivity index (χ4n) is 6.12. The Bertz CT molecular complexity index is 1470. The van der Waals surface area contributed by atoms with Gasteiger partial charge in [-0.2, -0.15) is 5.10 Å². The summed E-state index contributed by atoms with van der Waals surface area (Å²) < 4.78 is 22.8. The highest BCUT2D eigenvalue weighted by molar-refractivity contribution is 5.82. The number of hydrogen-bond acceptors (Lipinski definition) is 12. The number of amides is 2. The Kier molecular flexibility index (Phi) is 19.5. The average Bonchev–Trinajstić information content (AvgIpc) is 3.39. The van der Waals surface area contributed by atoms with E-state index >= 15 is 0 Å². The van der Waals surface area contributed by atoms with E-state index in [-0.39, 0.29) is 56.4 Å². The zero-order chi connectivity index (χ0) is 40.4. The van der Waals surface area contributed by atoms with Crippen molar-refractivity contribution in [3.8, 4) is 0 Å². The molecule has 2 aromatic rings. The van der Waals surface area contributed by atoms with Crippen LogP contribution in [0.3, 0.4) is 0 Å². The van der Waals surface area contributed by atoms with E-state index in [1.54, 1.807) is 27.9 Å². The standard InChI is InChI=1S/C38H63N5O11/c1-25(2)29(21-28-13-14-30-27(5)41-42(33(30)22-28)16-12-17-50-9)23-32(40-36(46)54-38(6,7)8)34(44)24-31(26(3)4)35(45)39-15-20-52-37(47)51-18-10-11-19-53-43(48)49/h13-14,22,25-26,29,31-32,34,44H,10-12,15-21,23-24H2,1-9H3,(H,39,45)(H,40,46)/t29-,31-,32-,34-/m0/s1. The lowest BCUT2D eigenvalue weighted by molar-refractivity contribution is -0.757. The van der Waals surface area contributed by atoms with Gasteiger partial charge >= 0.3 is 12.2 Å². The van der Waals surface area contributed by atoms with E-state index in [2.05, 4.69) is 47.5 Å². The molecule has 54 heavy (non-hydrogen) atoms. The molecule has 4 atom stereocenters. The molecule has 0 radical (unpaired) electrons. The van der Waals surface area contributed by atoms with Gasteiger partial charge in [-0.25, -0.2) is 9.59 Å². The molecule has 1 heterocycles. The van der Waals surface area contributed by atoms with Crippen molar-refractivity contribution in [2.24, 2.45) is 23.7 Å². The number of aromatic nitrogens is 2. The minimum atomic E-state index is -1.08. The number of hydrogen-bond donors (Lipinski definition) is 3. The fraction of sp³-hybridized carbons (Fsp3) is 0.737. The van der Waals surface area contributed by atoms with Crippen molar-refractivity contribution < 1.29 is 48.4 Å². The number of aryl methyl sites for hydroxylation is 2. The van der Waals surface area contributed by atoms with Crippen molar-refractivity contribution >= 4 is 29.1 Å². The first-order chi connectivity index (χ1) is 25.4. The number of benzene rings is 1. The zero-order valence-electron chi connectivity index (χ0n) is 33.6. The number of carbonyl (C=O) groups is 3. The minimum Gasteiger partial charge on any atom is -0.444 e. The molecule has 0 aliphatic rings. The van der Waals surface area contributed by atoms with Gasteiger partial charge in [0.05, 0.1) is 43.1 Å². The third-order valence-electron chi connectivity index (χ3n) is 9.10. The van der Waals surface area contributed by atoms with Crippen molar-refractivity contribution in [1.82, 2.24) is 20.4 Å². The molecule has 0 unspecified atom stereocenters. The summed E-state index contributed by atoms with van der Waals surface area (Å²) in [7, 11) is 1.69. The largest absolute Gasteiger partial charge is 0.508 e. The van der Waals surface area contributed by atoms with Crippen LogP contribution in [0.2, 0.25) is 0 Å². The van der Waals surface area contributed by atoms with E-state index in [9.17, 15) is 29.6 Å². The maximum absolute atomic E-state index is 13.3. The summed E-state index contributed by atoms with van der Waals surface area (Å²) in [6, 6.07) is 5.67. The van der Waals surface area contributed by atoms with Gasteiger partial charge in [0.2, 0.25) is 5.91 Å².